The lowest BCUT2D eigenvalue weighted by molar-refractivity contribution is -0.137. The molecule has 2 unspecified atom stereocenters. The van der Waals surface area contributed by atoms with E-state index in [9.17, 15) is 13.9 Å². The summed E-state index contributed by atoms with van der Waals surface area (Å²) in [5, 5.41) is 9.08. The van der Waals surface area contributed by atoms with Crippen LogP contribution in [-0.4, -0.2) is 31.8 Å². The molecule has 0 fully saturated rings. The Kier molecular flexibility index (Phi) is 5.66. The number of benzene rings is 1. The van der Waals surface area contributed by atoms with Crippen molar-refractivity contribution in [3.05, 3.63) is 29.8 Å². The van der Waals surface area contributed by atoms with Crippen molar-refractivity contribution in [3.8, 4) is 5.75 Å². The number of nitrogens with two attached hydrogens (primary N) is 1. The van der Waals surface area contributed by atoms with Crippen molar-refractivity contribution in [3.63, 3.8) is 0 Å². The van der Waals surface area contributed by atoms with Gasteiger partial charge in [-0.1, -0.05) is 12.1 Å². The Morgan fingerprint density at radius 1 is 1.19 bits per heavy atom. The van der Waals surface area contributed by atoms with Crippen LogP contribution in [0, 0.1) is 0 Å². The summed E-state index contributed by atoms with van der Waals surface area (Å²) < 4.78 is 29.0. The Morgan fingerprint density at radius 2 is 1.71 bits per heavy atom. The van der Waals surface area contributed by atoms with Gasteiger partial charge in [-0.25, -0.2) is 13.9 Å². The van der Waals surface area contributed by atoms with Crippen LogP contribution >= 0.6 is 15.6 Å². The number of phenolic OH excluding ortho intramolecular Hbond substituents is 1. The maximum atomic E-state index is 11.5. The maximum Gasteiger partial charge on any atom is 0.538 e. The Hall–Kier alpha value is -1.25. The van der Waals surface area contributed by atoms with Crippen LogP contribution in [0.25, 0.3) is 0 Å². The highest BCUT2D eigenvalue weighted by atomic mass is 31.3. The van der Waals surface area contributed by atoms with Crippen LogP contribution in [0.1, 0.15) is 5.56 Å². The van der Waals surface area contributed by atoms with Gasteiger partial charge in [0.1, 0.15) is 11.8 Å². The second-order valence-electron chi connectivity index (χ2n) is 3.93. The van der Waals surface area contributed by atoms with Crippen LogP contribution in [0.5, 0.6) is 5.75 Å². The third-order valence-electron chi connectivity index (χ3n) is 2.11. The maximum absolute atomic E-state index is 11.5. The first-order chi connectivity index (χ1) is 9.48. The van der Waals surface area contributed by atoms with Gasteiger partial charge in [0.25, 0.3) is 0 Å². The van der Waals surface area contributed by atoms with E-state index in [-0.39, 0.29) is 12.2 Å². The highest BCUT2D eigenvalue weighted by Crippen LogP contribution is 2.57. The van der Waals surface area contributed by atoms with E-state index in [0.717, 1.165) is 0 Å². The molecule has 1 aromatic carbocycles. The summed E-state index contributed by atoms with van der Waals surface area (Å²) in [4.78, 5) is 37.2. The molecular weight excluding hydrogens is 328 g/mol. The number of phenols is 1. The summed E-state index contributed by atoms with van der Waals surface area (Å²) in [6.07, 6.45) is -0.0883. The van der Waals surface area contributed by atoms with Gasteiger partial charge in [-0.15, -0.1) is 0 Å². The van der Waals surface area contributed by atoms with Crippen LogP contribution in [0.4, 0.5) is 0 Å². The fourth-order valence-electron chi connectivity index (χ4n) is 1.30. The molecule has 0 aliphatic heterocycles. The number of carbonyl (C=O) groups excluding carboxylic acids is 1. The molecule has 118 valence electrons. The first-order valence-corrected chi connectivity index (χ1v) is 8.38. The van der Waals surface area contributed by atoms with Gasteiger partial charge in [-0.05, 0) is 24.1 Å². The number of hydrogen-bond donors (Lipinski definition) is 5. The second kappa shape index (κ2) is 6.67. The molecule has 0 spiro atoms. The summed E-state index contributed by atoms with van der Waals surface area (Å²) in [7, 11) is -10.6. The van der Waals surface area contributed by atoms with Gasteiger partial charge >= 0.3 is 21.6 Å². The number of carbonyl (C=O) groups is 1. The van der Waals surface area contributed by atoms with Gasteiger partial charge in [0.2, 0.25) is 0 Å². The van der Waals surface area contributed by atoms with E-state index in [1.165, 1.54) is 24.3 Å². The molecule has 0 heterocycles. The fourth-order valence-corrected chi connectivity index (χ4v) is 2.87. The predicted octanol–water partition coefficient (Wildman–Crippen LogP) is 0.0149. The van der Waals surface area contributed by atoms with Gasteiger partial charge in [0.15, 0.2) is 0 Å². The Labute approximate surface area is 119 Å². The van der Waals surface area contributed by atoms with E-state index < -0.39 is 27.7 Å². The normalized spacial score (nSPS) is 16.0. The number of phosphoric ester groups is 1. The zero-order valence-electron chi connectivity index (χ0n) is 10.4. The lowest BCUT2D eigenvalue weighted by Crippen LogP contribution is -2.33. The van der Waals surface area contributed by atoms with Crippen LogP contribution in [0.15, 0.2) is 24.3 Å². The molecule has 6 N–H and O–H groups in total. The second-order valence-corrected chi connectivity index (χ2v) is 6.68. The van der Waals surface area contributed by atoms with E-state index in [4.69, 9.17) is 25.5 Å². The zero-order valence-corrected chi connectivity index (χ0v) is 12.2. The average Bonchev–Trinajstić information content (AvgIpc) is 2.28. The molecule has 0 saturated carbocycles. The van der Waals surface area contributed by atoms with Crippen molar-refractivity contribution < 1.29 is 42.5 Å². The summed E-state index contributed by atoms with van der Waals surface area (Å²) >= 11 is 0. The molecule has 12 heteroatoms. The molecular formula is C9H13NO9P2. The van der Waals surface area contributed by atoms with Crippen molar-refractivity contribution in [2.24, 2.45) is 5.73 Å². The predicted molar refractivity (Wildman–Crippen MR) is 68.8 cm³/mol. The smallest absolute Gasteiger partial charge is 0.508 e. The average molecular weight is 341 g/mol. The minimum absolute atomic E-state index is 0.00445. The molecule has 1 rings (SSSR count). The Morgan fingerprint density at radius 3 is 2.19 bits per heavy atom. The van der Waals surface area contributed by atoms with Crippen molar-refractivity contribution in [2.75, 3.05) is 0 Å². The van der Waals surface area contributed by atoms with Crippen LogP contribution < -0.4 is 5.73 Å². The molecule has 0 radical (unpaired) electrons. The van der Waals surface area contributed by atoms with Crippen LogP contribution in [-0.2, 0) is 29.2 Å². The van der Waals surface area contributed by atoms with E-state index >= 15 is 0 Å². The van der Waals surface area contributed by atoms with Gasteiger partial charge in [-0.2, -0.15) is 4.31 Å². The van der Waals surface area contributed by atoms with Gasteiger partial charge in [0.05, 0.1) is 0 Å². The largest absolute Gasteiger partial charge is 0.538 e. The molecule has 1 aromatic rings. The van der Waals surface area contributed by atoms with Gasteiger partial charge in [0, 0.05) is 0 Å². The summed E-state index contributed by atoms with van der Waals surface area (Å²) in [6, 6.07) is 4.26. The van der Waals surface area contributed by atoms with E-state index in [1.807, 2.05) is 0 Å². The summed E-state index contributed by atoms with van der Waals surface area (Å²) in [5.74, 6) is -1.37. The fraction of sp³-hybridized carbons (Fsp3) is 0.222. The molecule has 10 nitrogen and oxygen atoms in total. The monoisotopic (exact) mass is 341 g/mol. The highest BCUT2D eigenvalue weighted by Gasteiger charge is 2.36. The summed E-state index contributed by atoms with van der Waals surface area (Å²) in [6.45, 7) is 0. The van der Waals surface area contributed by atoms with Crippen molar-refractivity contribution in [2.45, 2.75) is 12.5 Å². The minimum atomic E-state index is -5.30. The number of rotatable bonds is 6. The molecule has 21 heavy (non-hydrogen) atoms. The molecule has 0 saturated heterocycles. The molecule has 0 bridgehead atoms. The standard InChI is InChI=1S/C9H13NO9P2/c10-8(5-6-1-3-7(11)4-2-6)9(12)18-21(16,17)19-20(13,14)15/h1-4,8,11H,5,10H2,(H,16,17)(H2,13,14,15). The Balaban J connectivity index is 2.64. The van der Waals surface area contributed by atoms with Crippen molar-refractivity contribution >= 4 is 21.6 Å². The molecule has 2 atom stereocenters. The number of aromatic hydroxyl groups is 1. The third kappa shape index (κ3) is 6.83. The first kappa shape index (κ1) is 17.8. The lowest BCUT2D eigenvalue weighted by Gasteiger charge is -2.15. The zero-order chi connectivity index (χ0) is 16.3. The van der Waals surface area contributed by atoms with E-state index in [2.05, 4.69) is 8.83 Å². The summed E-state index contributed by atoms with van der Waals surface area (Å²) in [5.41, 5.74) is 5.97. The quantitative estimate of drug-likeness (QED) is 0.443. The molecule has 0 aromatic heterocycles. The molecule has 0 aliphatic rings. The van der Waals surface area contributed by atoms with Gasteiger partial charge < -0.3 is 25.2 Å². The topological polar surface area (TPSA) is 177 Å². The van der Waals surface area contributed by atoms with E-state index in [0.29, 0.717) is 5.56 Å². The van der Waals surface area contributed by atoms with Crippen LogP contribution in [0.2, 0.25) is 0 Å². The lowest BCUT2D eigenvalue weighted by atomic mass is 10.1. The van der Waals surface area contributed by atoms with Crippen molar-refractivity contribution in [1.29, 1.82) is 0 Å². The molecule has 0 aliphatic carbocycles. The van der Waals surface area contributed by atoms with Crippen molar-refractivity contribution in [1.82, 2.24) is 0 Å². The SMILES string of the molecule is NC(Cc1ccc(O)cc1)C(=O)OP(=O)(O)OP(=O)(O)O. The number of hydrogen-bond acceptors (Lipinski definition) is 7. The van der Waals surface area contributed by atoms with E-state index in [1.54, 1.807) is 0 Å². The Bertz CT molecular complexity index is 596. The van der Waals surface area contributed by atoms with Crippen LogP contribution in [0.3, 0.4) is 0 Å². The highest BCUT2D eigenvalue weighted by molar-refractivity contribution is 7.61. The first-order valence-electron chi connectivity index (χ1n) is 5.35. The molecule has 0 amide bonds. The third-order valence-corrected chi connectivity index (χ3v) is 4.20. The van der Waals surface area contributed by atoms with Gasteiger partial charge in [-0.3, -0.25) is 4.89 Å². The number of phosphoric acid groups is 2. The minimum Gasteiger partial charge on any atom is -0.508 e.